The first-order chi connectivity index (χ1) is 10.1. The van der Waals surface area contributed by atoms with E-state index < -0.39 is 6.61 Å². The SMILES string of the molecule is FC(F)Oc1ccc(Br)cc1CNCCC1CCCCC1. The van der Waals surface area contributed by atoms with Gasteiger partial charge in [-0.1, -0.05) is 48.0 Å². The maximum atomic E-state index is 12.4. The quantitative estimate of drug-likeness (QED) is 0.681. The molecule has 5 heteroatoms. The molecule has 0 amide bonds. The van der Waals surface area contributed by atoms with Gasteiger partial charge >= 0.3 is 6.61 Å². The highest BCUT2D eigenvalue weighted by Gasteiger charge is 2.13. The van der Waals surface area contributed by atoms with E-state index in [1.807, 2.05) is 6.07 Å². The van der Waals surface area contributed by atoms with Crippen LogP contribution in [-0.4, -0.2) is 13.2 Å². The molecule has 118 valence electrons. The summed E-state index contributed by atoms with van der Waals surface area (Å²) in [6.45, 7) is -1.31. The number of rotatable bonds is 7. The molecule has 0 aromatic heterocycles. The summed E-state index contributed by atoms with van der Waals surface area (Å²) in [7, 11) is 0. The third-order valence-corrected chi connectivity index (χ3v) is 4.50. The minimum atomic E-state index is -2.79. The fourth-order valence-electron chi connectivity index (χ4n) is 2.90. The maximum Gasteiger partial charge on any atom is 0.387 e. The summed E-state index contributed by atoms with van der Waals surface area (Å²) >= 11 is 3.36. The first kappa shape index (κ1) is 16.7. The van der Waals surface area contributed by atoms with E-state index >= 15 is 0 Å². The lowest BCUT2D eigenvalue weighted by Crippen LogP contribution is -2.19. The van der Waals surface area contributed by atoms with Crippen LogP contribution in [-0.2, 0) is 6.54 Å². The molecule has 1 saturated carbocycles. The first-order valence-electron chi connectivity index (χ1n) is 7.59. The van der Waals surface area contributed by atoms with Gasteiger partial charge in [0.15, 0.2) is 0 Å². The minimum absolute atomic E-state index is 0.248. The Kier molecular flexibility index (Phi) is 6.90. The van der Waals surface area contributed by atoms with Crippen LogP contribution in [0.25, 0.3) is 0 Å². The van der Waals surface area contributed by atoms with Crippen LogP contribution >= 0.6 is 15.9 Å². The smallest absolute Gasteiger partial charge is 0.387 e. The molecule has 0 aliphatic heterocycles. The van der Waals surface area contributed by atoms with Crippen LogP contribution < -0.4 is 10.1 Å². The highest BCUT2D eigenvalue weighted by molar-refractivity contribution is 9.10. The largest absolute Gasteiger partial charge is 0.434 e. The zero-order valence-corrected chi connectivity index (χ0v) is 13.7. The molecule has 1 aliphatic carbocycles. The molecule has 0 saturated heterocycles. The summed E-state index contributed by atoms with van der Waals surface area (Å²) < 4.78 is 30.2. The van der Waals surface area contributed by atoms with E-state index in [4.69, 9.17) is 0 Å². The number of hydrogen-bond acceptors (Lipinski definition) is 2. The molecule has 1 aliphatic rings. The summed E-state index contributed by atoms with van der Waals surface area (Å²) in [5.41, 5.74) is 0.758. The first-order valence-corrected chi connectivity index (χ1v) is 8.38. The molecule has 0 spiro atoms. The van der Waals surface area contributed by atoms with Crippen molar-refractivity contribution in [3.05, 3.63) is 28.2 Å². The predicted molar refractivity (Wildman–Crippen MR) is 83.7 cm³/mol. The second kappa shape index (κ2) is 8.69. The Morgan fingerprint density at radius 3 is 2.71 bits per heavy atom. The Bertz CT molecular complexity index is 436. The average molecular weight is 362 g/mol. The number of ether oxygens (including phenoxy) is 1. The summed E-state index contributed by atoms with van der Waals surface area (Å²) in [6.07, 6.45) is 7.90. The molecule has 0 bridgehead atoms. The number of alkyl halides is 2. The van der Waals surface area contributed by atoms with Crippen LogP contribution in [0.4, 0.5) is 8.78 Å². The number of benzene rings is 1. The van der Waals surface area contributed by atoms with Crippen LogP contribution in [0.2, 0.25) is 0 Å². The van der Waals surface area contributed by atoms with Crippen molar-refractivity contribution in [1.82, 2.24) is 5.32 Å². The Morgan fingerprint density at radius 2 is 2.00 bits per heavy atom. The average Bonchev–Trinajstić information content (AvgIpc) is 2.47. The van der Waals surface area contributed by atoms with Crippen molar-refractivity contribution in [2.75, 3.05) is 6.54 Å². The third-order valence-electron chi connectivity index (χ3n) is 4.01. The molecule has 0 heterocycles. The summed E-state index contributed by atoms with van der Waals surface area (Å²) in [5, 5.41) is 3.34. The third kappa shape index (κ3) is 5.91. The van der Waals surface area contributed by atoms with Crippen LogP contribution in [0.5, 0.6) is 5.75 Å². The fourth-order valence-corrected chi connectivity index (χ4v) is 3.31. The molecule has 0 unspecified atom stereocenters. The normalized spacial score (nSPS) is 16.4. The van der Waals surface area contributed by atoms with Crippen molar-refractivity contribution < 1.29 is 13.5 Å². The fraction of sp³-hybridized carbons (Fsp3) is 0.625. The van der Waals surface area contributed by atoms with E-state index in [0.29, 0.717) is 6.54 Å². The molecule has 2 nitrogen and oxygen atoms in total. The van der Waals surface area contributed by atoms with E-state index in [-0.39, 0.29) is 5.75 Å². The molecule has 1 fully saturated rings. The lowest BCUT2D eigenvalue weighted by Gasteiger charge is -2.21. The van der Waals surface area contributed by atoms with Crippen molar-refractivity contribution in [3.8, 4) is 5.75 Å². The molecule has 1 aromatic rings. The monoisotopic (exact) mass is 361 g/mol. The van der Waals surface area contributed by atoms with E-state index in [9.17, 15) is 8.78 Å². The van der Waals surface area contributed by atoms with Crippen molar-refractivity contribution in [3.63, 3.8) is 0 Å². The standard InChI is InChI=1S/C16H22BrF2NO/c17-14-6-7-15(21-16(18)19)13(10-14)11-20-9-8-12-4-2-1-3-5-12/h6-7,10,12,16,20H,1-5,8-9,11H2. The van der Waals surface area contributed by atoms with Gasteiger partial charge in [-0.25, -0.2) is 0 Å². The summed E-state index contributed by atoms with van der Waals surface area (Å²) in [6, 6.07) is 5.11. The molecule has 0 radical (unpaired) electrons. The molecule has 1 N–H and O–H groups in total. The topological polar surface area (TPSA) is 21.3 Å². The van der Waals surface area contributed by atoms with Crippen molar-refractivity contribution >= 4 is 15.9 Å². The van der Waals surface area contributed by atoms with Crippen molar-refractivity contribution in [1.29, 1.82) is 0 Å². The molecular weight excluding hydrogens is 340 g/mol. The van der Waals surface area contributed by atoms with Crippen LogP contribution in [0.1, 0.15) is 44.1 Å². The minimum Gasteiger partial charge on any atom is -0.434 e. The molecule has 0 atom stereocenters. The summed E-state index contributed by atoms with van der Waals surface area (Å²) in [5.74, 6) is 1.07. The van der Waals surface area contributed by atoms with Gasteiger partial charge < -0.3 is 10.1 Å². The van der Waals surface area contributed by atoms with Gasteiger partial charge in [0.25, 0.3) is 0 Å². The van der Waals surface area contributed by atoms with Crippen LogP contribution in [0, 0.1) is 5.92 Å². The van der Waals surface area contributed by atoms with Crippen LogP contribution in [0.3, 0.4) is 0 Å². The van der Waals surface area contributed by atoms with Crippen LogP contribution in [0.15, 0.2) is 22.7 Å². The van der Waals surface area contributed by atoms with Gasteiger partial charge in [-0.05, 0) is 37.1 Å². The van der Waals surface area contributed by atoms with E-state index in [0.717, 1.165) is 22.5 Å². The van der Waals surface area contributed by atoms with Gasteiger partial charge in [0.05, 0.1) is 0 Å². The Balaban J connectivity index is 1.79. The highest BCUT2D eigenvalue weighted by Crippen LogP contribution is 2.27. The highest BCUT2D eigenvalue weighted by atomic mass is 79.9. The number of nitrogens with one attached hydrogen (secondary N) is 1. The van der Waals surface area contributed by atoms with Gasteiger partial charge in [-0.3, -0.25) is 0 Å². The van der Waals surface area contributed by atoms with E-state index in [1.54, 1.807) is 12.1 Å². The van der Waals surface area contributed by atoms with Gasteiger partial charge in [0.1, 0.15) is 5.75 Å². The maximum absolute atomic E-state index is 12.4. The molecule has 21 heavy (non-hydrogen) atoms. The number of hydrogen-bond donors (Lipinski definition) is 1. The molecule has 2 rings (SSSR count). The lowest BCUT2D eigenvalue weighted by atomic mass is 9.87. The molecule has 1 aromatic carbocycles. The Hall–Kier alpha value is -0.680. The Morgan fingerprint density at radius 1 is 1.24 bits per heavy atom. The van der Waals surface area contributed by atoms with Gasteiger partial charge in [0, 0.05) is 16.6 Å². The van der Waals surface area contributed by atoms with Gasteiger partial charge in [-0.2, -0.15) is 8.78 Å². The zero-order valence-electron chi connectivity index (χ0n) is 12.1. The second-order valence-electron chi connectivity index (χ2n) is 5.60. The lowest BCUT2D eigenvalue weighted by molar-refractivity contribution is -0.0505. The van der Waals surface area contributed by atoms with Gasteiger partial charge in [-0.15, -0.1) is 0 Å². The second-order valence-corrected chi connectivity index (χ2v) is 6.52. The van der Waals surface area contributed by atoms with E-state index in [2.05, 4.69) is 26.0 Å². The zero-order chi connectivity index (χ0) is 15.1. The van der Waals surface area contributed by atoms with Crippen molar-refractivity contribution in [2.45, 2.75) is 51.7 Å². The van der Waals surface area contributed by atoms with Gasteiger partial charge in [0.2, 0.25) is 0 Å². The van der Waals surface area contributed by atoms with E-state index in [1.165, 1.54) is 38.5 Å². The molecular formula is C16H22BrF2NO. The summed E-state index contributed by atoms with van der Waals surface area (Å²) in [4.78, 5) is 0. The van der Waals surface area contributed by atoms with Crippen molar-refractivity contribution in [2.24, 2.45) is 5.92 Å². The Labute approximate surface area is 133 Å². The predicted octanol–water partition coefficient (Wildman–Crippen LogP) is 5.11. The number of halogens is 3.